The molecule has 132 valence electrons. The maximum absolute atomic E-state index is 12.0. The molecule has 1 amide bonds. The highest BCUT2D eigenvalue weighted by atomic mass is 35.5. The summed E-state index contributed by atoms with van der Waals surface area (Å²) in [5.41, 5.74) is 8.41. The van der Waals surface area contributed by atoms with Crippen molar-refractivity contribution in [2.75, 3.05) is 34.4 Å². The van der Waals surface area contributed by atoms with Crippen LogP contribution in [-0.2, 0) is 22.4 Å². The molecular weight excluding hydrogens is 337 g/mol. The average molecular weight is 364 g/mol. The Balaban J connectivity index is 0.00000242. The second kappa shape index (κ2) is 9.45. The van der Waals surface area contributed by atoms with Crippen molar-refractivity contribution in [1.29, 1.82) is 0 Å². The van der Waals surface area contributed by atoms with Gasteiger partial charge in [-0.25, -0.2) is 0 Å². The molecule has 0 aliphatic heterocycles. The standard InChI is InChI=1S/C16H25N3O2.2ClH/c1-19(2)16(11-18-15(20)14(17)10-21-3)8-12-6-4-5-7-13(12)9-16;;/h4-7,14H,8-11,17H2,1-3H3,(H,18,20);2*1H. The van der Waals surface area contributed by atoms with E-state index in [0.29, 0.717) is 6.54 Å². The van der Waals surface area contributed by atoms with Crippen molar-refractivity contribution >= 4 is 30.7 Å². The number of fused-ring (bicyclic) bond motifs is 1. The number of ether oxygens (including phenoxy) is 1. The summed E-state index contributed by atoms with van der Waals surface area (Å²) in [6, 6.07) is 7.85. The third-order valence-corrected chi connectivity index (χ3v) is 4.38. The minimum atomic E-state index is -0.613. The molecule has 1 aliphatic rings. The van der Waals surface area contributed by atoms with E-state index in [-0.39, 0.29) is 42.9 Å². The van der Waals surface area contributed by atoms with E-state index >= 15 is 0 Å². The molecule has 0 saturated heterocycles. The Labute approximate surface area is 150 Å². The Kier molecular flexibility index (Phi) is 9.10. The molecule has 1 unspecified atom stereocenters. The van der Waals surface area contributed by atoms with Crippen LogP contribution < -0.4 is 11.1 Å². The fourth-order valence-electron chi connectivity index (χ4n) is 2.91. The molecule has 0 spiro atoms. The number of carbonyl (C=O) groups excluding carboxylic acids is 1. The molecule has 0 bridgehead atoms. The zero-order valence-corrected chi connectivity index (χ0v) is 15.5. The monoisotopic (exact) mass is 363 g/mol. The Hall–Kier alpha value is -0.850. The smallest absolute Gasteiger partial charge is 0.239 e. The molecule has 0 aromatic heterocycles. The SMILES string of the molecule is COCC(N)C(=O)NCC1(N(C)C)Cc2ccccc2C1.Cl.Cl. The first-order valence-electron chi connectivity index (χ1n) is 7.25. The number of carbonyl (C=O) groups is 1. The lowest BCUT2D eigenvalue weighted by atomic mass is 9.94. The van der Waals surface area contributed by atoms with Gasteiger partial charge in [-0.05, 0) is 38.1 Å². The van der Waals surface area contributed by atoms with E-state index in [2.05, 4.69) is 48.6 Å². The van der Waals surface area contributed by atoms with Crippen molar-refractivity contribution < 1.29 is 9.53 Å². The molecule has 0 saturated carbocycles. The van der Waals surface area contributed by atoms with Gasteiger partial charge < -0.3 is 20.7 Å². The molecule has 0 heterocycles. The summed E-state index contributed by atoms with van der Waals surface area (Å²) in [6.45, 7) is 0.825. The van der Waals surface area contributed by atoms with Gasteiger partial charge in [-0.3, -0.25) is 4.79 Å². The topological polar surface area (TPSA) is 67.6 Å². The van der Waals surface area contributed by atoms with Crippen LogP contribution >= 0.6 is 24.8 Å². The van der Waals surface area contributed by atoms with Gasteiger partial charge in [0.05, 0.1) is 6.61 Å². The first kappa shape index (κ1) is 22.1. The molecule has 0 fully saturated rings. The zero-order valence-electron chi connectivity index (χ0n) is 13.9. The summed E-state index contributed by atoms with van der Waals surface area (Å²) in [4.78, 5) is 14.2. The number of likely N-dealkylation sites (N-methyl/N-ethyl adjacent to an activating group) is 1. The maximum Gasteiger partial charge on any atom is 0.239 e. The van der Waals surface area contributed by atoms with Crippen LogP contribution in [0.2, 0.25) is 0 Å². The van der Waals surface area contributed by atoms with E-state index in [0.717, 1.165) is 12.8 Å². The summed E-state index contributed by atoms with van der Waals surface area (Å²) in [5, 5.41) is 2.98. The summed E-state index contributed by atoms with van der Waals surface area (Å²) < 4.78 is 4.92. The van der Waals surface area contributed by atoms with Crippen LogP contribution in [0.3, 0.4) is 0 Å². The molecule has 3 N–H and O–H groups in total. The second-order valence-corrected chi connectivity index (χ2v) is 6.02. The van der Waals surface area contributed by atoms with Crippen molar-refractivity contribution in [3.63, 3.8) is 0 Å². The van der Waals surface area contributed by atoms with Gasteiger partial charge in [-0.2, -0.15) is 0 Å². The average Bonchev–Trinajstić information content (AvgIpc) is 2.85. The number of amides is 1. The Morgan fingerprint density at radius 1 is 1.30 bits per heavy atom. The van der Waals surface area contributed by atoms with Crippen molar-refractivity contribution in [3.05, 3.63) is 35.4 Å². The highest BCUT2D eigenvalue weighted by Gasteiger charge is 2.39. The van der Waals surface area contributed by atoms with Crippen LogP contribution in [0, 0.1) is 0 Å². The number of nitrogens with two attached hydrogens (primary N) is 1. The van der Waals surface area contributed by atoms with Crippen LogP contribution in [0.25, 0.3) is 0 Å². The first-order valence-corrected chi connectivity index (χ1v) is 7.25. The number of nitrogens with one attached hydrogen (secondary N) is 1. The molecular formula is C16H27Cl2N3O2. The number of rotatable bonds is 6. The Bertz CT molecular complexity index is 487. The van der Waals surface area contributed by atoms with Gasteiger partial charge in [0.25, 0.3) is 0 Å². The number of hydrogen-bond donors (Lipinski definition) is 2. The van der Waals surface area contributed by atoms with Crippen molar-refractivity contribution in [1.82, 2.24) is 10.2 Å². The molecule has 1 aromatic carbocycles. The normalized spacial score (nSPS) is 16.0. The molecule has 5 nitrogen and oxygen atoms in total. The molecule has 2 rings (SSSR count). The largest absolute Gasteiger partial charge is 0.383 e. The quantitative estimate of drug-likeness (QED) is 0.791. The first-order chi connectivity index (χ1) is 9.98. The van der Waals surface area contributed by atoms with E-state index in [9.17, 15) is 4.79 Å². The summed E-state index contributed by atoms with van der Waals surface area (Å²) in [5.74, 6) is -0.158. The molecule has 1 aliphatic carbocycles. The van der Waals surface area contributed by atoms with Crippen molar-refractivity contribution in [3.8, 4) is 0 Å². The van der Waals surface area contributed by atoms with Gasteiger partial charge in [0.15, 0.2) is 0 Å². The zero-order chi connectivity index (χ0) is 15.5. The number of nitrogens with zero attached hydrogens (tertiary/aromatic N) is 1. The van der Waals surface area contributed by atoms with E-state index in [1.165, 1.54) is 11.1 Å². The van der Waals surface area contributed by atoms with E-state index in [1.807, 2.05) is 0 Å². The lowest BCUT2D eigenvalue weighted by Crippen LogP contribution is -2.56. The molecule has 1 aromatic rings. The molecule has 0 radical (unpaired) electrons. The summed E-state index contributed by atoms with van der Waals surface area (Å²) in [7, 11) is 5.67. The fourth-order valence-corrected chi connectivity index (χ4v) is 2.91. The van der Waals surface area contributed by atoms with Gasteiger partial charge in [-0.15, -0.1) is 24.8 Å². The van der Waals surface area contributed by atoms with Crippen LogP contribution in [0.5, 0.6) is 0 Å². The van der Waals surface area contributed by atoms with Gasteiger partial charge in [-0.1, -0.05) is 24.3 Å². The fraction of sp³-hybridized carbons (Fsp3) is 0.562. The number of halogens is 2. The molecule has 23 heavy (non-hydrogen) atoms. The van der Waals surface area contributed by atoms with Gasteiger partial charge in [0.1, 0.15) is 6.04 Å². The van der Waals surface area contributed by atoms with Crippen molar-refractivity contribution in [2.45, 2.75) is 24.4 Å². The third-order valence-electron chi connectivity index (χ3n) is 4.38. The maximum atomic E-state index is 12.0. The van der Waals surface area contributed by atoms with Crippen LogP contribution in [0.1, 0.15) is 11.1 Å². The number of methoxy groups -OCH3 is 1. The minimum absolute atomic E-state index is 0. The lowest BCUT2D eigenvalue weighted by molar-refractivity contribution is -0.124. The second-order valence-electron chi connectivity index (χ2n) is 6.02. The predicted octanol–water partition coefficient (Wildman–Crippen LogP) is 1.02. The van der Waals surface area contributed by atoms with Crippen LogP contribution in [0.15, 0.2) is 24.3 Å². The molecule has 1 atom stereocenters. The Morgan fingerprint density at radius 2 is 1.83 bits per heavy atom. The van der Waals surface area contributed by atoms with Crippen molar-refractivity contribution in [2.24, 2.45) is 5.73 Å². The molecule has 7 heteroatoms. The number of benzene rings is 1. The Morgan fingerprint density at radius 3 is 2.26 bits per heavy atom. The van der Waals surface area contributed by atoms with Gasteiger partial charge in [0.2, 0.25) is 5.91 Å². The minimum Gasteiger partial charge on any atom is -0.383 e. The van der Waals surface area contributed by atoms with Crippen LogP contribution in [0.4, 0.5) is 0 Å². The highest BCUT2D eigenvalue weighted by molar-refractivity contribution is 5.85. The number of hydrogen-bond acceptors (Lipinski definition) is 4. The van der Waals surface area contributed by atoms with E-state index < -0.39 is 6.04 Å². The van der Waals surface area contributed by atoms with E-state index in [4.69, 9.17) is 10.5 Å². The third kappa shape index (κ3) is 5.06. The van der Waals surface area contributed by atoms with Gasteiger partial charge >= 0.3 is 0 Å². The predicted molar refractivity (Wildman–Crippen MR) is 97.6 cm³/mol. The van der Waals surface area contributed by atoms with Gasteiger partial charge in [0, 0.05) is 19.2 Å². The summed E-state index contributed by atoms with van der Waals surface area (Å²) in [6.07, 6.45) is 1.88. The van der Waals surface area contributed by atoms with E-state index in [1.54, 1.807) is 7.11 Å². The highest BCUT2D eigenvalue weighted by Crippen LogP contribution is 2.32. The summed E-state index contributed by atoms with van der Waals surface area (Å²) >= 11 is 0. The van der Waals surface area contributed by atoms with Crippen LogP contribution in [-0.4, -0.2) is 56.7 Å². The lowest BCUT2D eigenvalue weighted by Gasteiger charge is -2.36.